The summed E-state index contributed by atoms with van der Waals surface area (Å²) in [5.41, 5.74) is 0.368. The number of aliphatic hydroxyl groups excluding tert-OH is 1. The van der Waals surface area contributed by atoms with Crippen LogP contribution in [0.25, 0.3) is 0 Å². The lowest BCUT2D eigenvalue weighted by atomic mass is 9.85. The minimum Gasteiger partial charge on any atom is -0.393 e. The molecule has 0 aromatic heterocycles. The maximum Gasteiger partial charge on any atom is 0.0877 e. The molecular weight excluding hydrogens is 288 g/mol. The van der Waals surface area contributed by atoms with Crippen molar-refractivity contribution in [2.75, 3.05) is 13.2 Å². The van der Waals surface area contributed by atoms with Crippen molar-refractivity contribution in [3.8, 4) is 0 Å². The van der Waals surface area contributed by atoms with Crippen molar-refractivity contribution in [3.05, 3.63) is 43.0 Å². The lowest BCUT2D eigenvalue weighted by Crippen LogP contribution is -2.50. The van der Waals surface area contributed by atoms with Crippen molar-refractivity contribution in [2.24, 2.45) is 11.8 Å². The third-order valence-electron chi connectivity index (χ3n) is 5.46. The van der Waals surface area contributed by atoms with Gasteiger partial charge in [0.15, 0.2) is 0 Å². The minimum absolute atomic E-state index is 0.238. The van der Waals surface area contributed by atoms with E-state index < -0.39 is 8.07 Å². The normalized spacial score (nSPS) is 21.1. The molecule has 3 unspecified atom stereocenters. The summed E-state index contributed by atoms with van der Waals surface area (Å²) in [5, 5.41) is 12.3. The van der Waals surface area contributed by atoms with Crippen molar-refractivity contribution in [1.29, 1.82) is 0 Å². The molecule has 1 aromatic carbocycles. The molecule has 0 radical (unpaired) electrons. The first kappa shape index (κ1) is 17.5. The molecule has 0 spiro atoms. The molecule has 3 atom stereocenters. The van der Waals surface area contributed by atoms with E-state index in [4.69, 9.17) is 4.74 Å². The Morgan fingerprint density at radius 2 is 1.82 bits per heavy atom. The smallest absolute Gasteiger partial charge is 0.0877 e. The fraction of sp³-hybridized carbons (Fsp3) is 0.579. The second kappa shape index (κ2) is 7.58. The predicted octanol–water partition coefficient (Wildman–Crippen LogP) is 3.58. The summed E-state index contributed by atoms with van der Waals surface area (Å²) in [7, 11) is -1.71. The first-order valence-electron chi connectivity index (χ1n) is 8.42. The van der Waals surface area contributed by atoms with E-state index in [0.717, 1.165) is 26.1 Å². The summed E-state index contributed by atoms with van der Waals surface area (Å²) in [5.74, 6) is 0.606. The zero-order valence-electron chi connectivity index (χ0n) is 14.2. The zero-order chi connectivity index (χ0) is 16.2. The molecule has 1 saturated heterocycles. The van der Waals surface area contributed by atoms with E-state index in [1.165, 1.54) is 5.19 Å². The van der Waals surface area contributed by atoms with Gasteiger partial charge in [-0.2, -0.15) is 0 Å². The molecule has 2 rings (SSSR count). The van der Waals surface area contributed by atoms with Crippen LogP contribution in [0.4, 0.5) is 0 Å². The van der Waals surface area contributed by atoms with Crippen molar-refractivity contribution >= 4 is 13.3 Å². The van der Waals surface area contributed by atoms with Crippen molar-refractivity contribution < 1.29 is 9.84 Å². The topological polar surface area (TPSA) is 29.5 Å². The van der Waals surface area contributed by atoms with Crippen LogP contribution in [0, 0.1) is 11.8 Å². The highest BCUT2D eigenvalue weighted by molar-refractivity contribution is 6.91. The third kappa shape index (κ3) is 3.70. The molecule has 122 valence electrons. The molecule has 1 heterocycles. The molecule has 0 amide bonds. The van der Waals surface area contributed by atoms with Gasteiger partial charge in [0.2, 0.25) is 0 Å². The Labute approximate surface area is 136 Å². The Bertz CT molecular complexity index is 466. The summed E-state index contributed by atoms with van der Waals surface area (Å²) in [6.45, 7) is 12.6. The van der Waals surface area contributed by atoms with Crippen molar-refractivity contribution in [1.82, 2.24) is 0 Å². The first-order chi connectivity index (χ1) is 10.5. The van der Waals surface area contributed by atoms with Gasteiger partial charge in [-0.1, -0.05) is 61.6 Å². The highest BCUT2D eigenvalue weighted by Gasteiger charge is 2.39. The minimum atomic E-state index is -1.71. The highest BCUT2D eigenvalue weighted by Crippen LogP contribution is 2.37. The van der Waals surface area contributed by atoms with Gasteiger partial charge in [-0.05, 0) is 30.2 Å². The Kier molecular flexibility index (Phi) is 6.01. The second-order valence-corrected chi connectivity index (χ2v) is 11.8. The number of allylic oxidation sites excluding steroid dienone is 1. The number of benzene rings is 1. The molecule has 0 aliphatic carbocycles. The number of hydrogen-bond donors (Lipinski definition) is 1. The SMILES string of the molecule is C=CC(C(C)C(O)C1CCOCC1)[Si](C)(C)c1ccccc1. The largest absolute Gasteiger partial charge is 0.393 e. The Morgan fingerprint density at radius 1 is 1.23 bits per heavy atom. The molecular formula is C19H30O2Si. The van der Waals surface area contributed by atoms with E-state index in [1.807, 2.05) is 0 Å². The number of ether oxygens (including phenoxy) is 1. The first-order valence-corrected chi connectivity index (χ1v) is 11.5. The van der Waals surface area contributed by atoms with Crippen molar-refractivity contribution in [2.45, 2.75) is 44.5 Å². The van der Waals surface area contributed by atoms with Gasteiger partial charge in [0, 0.05) is 13.2 Å². The average molecular weight is 319 g/mol. The summed E-state index contributed by atoms with van der Waals surface area (Å²) in [6.07, 6.45) is 3.78. The average Bonchev–Trinajstić information content (AvgIpc) is 2.56. The van der Waals surface area contributed by atoms with E-state index in [2.05, 4.69) is 63.0 Å². The Morgan fingerprint density at radius 3 is 2.36 bits per heavy atom. The molecule has 0 saturated carbocycles. The highest BCUT2D eigenvalue weighted by atomic mass is 28.3. The van der Waals surface area contributed by atoms with Crippen LogP contribution in [-0.4, -0.2) is 32.5 Å². The molecule has 1 N–H and O–H groups in total. The van der Waals surface area contributed by atoms with Crippen LogP contribution in [0.3, 0.4) is 0 Å². The van der Waals surface area contributed by atoms with E-state index in [0.29, 0.717) is 11.5 Å². The van der Waals surface area contributed by atoms with Crippen LogP contribution in [0.15, 0.2) is 43.0 Å². The lowest BCUT2D eigenvalue weighted by Gasteiger charge is -2.40. The Hall–Kier alpha value is -0.903. The summed E-state index contributed by atoms with van der Waals surface area (Å²) < 4.78 is 5.43. The predicted molar refractivity (Wildman–Crippen MR) is 96.2 cm³/mol. The van der Waals surface area contributed by atoms with Gasteiger partial charge in [-0.3, -0.25) is 0 Å². The van der Waals surface area contributed by atoms with E-state index in [9.17, 15) is 5.11 Å². The molecule has 3 heteroatoms. The monoisotopic (exact) mass is 318 g/mol. The van der Waals surface area contributed by atoms with E-state index in [-0.39, 0.29) is 12.0 Å². The van der Waals surface area contributed by atoms with Gasteiger partial charge in [0.05, 0.1) is 14.2 Å². The zero-order valence-corrected chi connectivity index (χ0v) is 15.2. The van der Waals surface area contributed by atoms with Crippen LogP contribution in [-0.2, 0) is 4.74 Å². The number of hydrogen-bond acceptors (Lipinski definition) is 2. The van der Waals surface area contributed by atoms with Gasteiger partial charge < -0.3 is 9.84 Å². The summed E-state index contributed by atoms with van der Waals surface area (Å²) in [4.78, 5) is 0. The standard InChI is InChI=1S/C19H30O2Si/c1-5-18(22(3,4)17-9-7-6-8-10-17)15(2)19(20)16-11-13-21-14-12-16/h5-10,15-16,18-20H,1,11-14H2,2-4H3. The molecule has 1 aliphatic heterocycles. The molecule has 1 aromatic rings. The fourth-order valence-corrected chi connectivity index (χ4v) is 7.46. The summed E-state index contributed by atoms with van der Waals surface area (Å²) >= 11 is 0. The van der Waals surface area contributed by atoms with Crippen LogP contribution < -0.4 is 5.19 Å². The van der Waals surface area contributed by atoms with E-state index >= 15 is 0 Å². The maximum absolute atomic E-state index is 10.9. The molecule has 22 heavy (non-hydrogen) atoms. The molecule has 1 fully saturated rings. The van der Waals surface area contributed by atoms with Gasteiger partial charge in [-0.25, -0.2) is 0 Å². The van der Waals surface area contributed by atoms with Crippen LogP contribution >= 0.6 is 0 Å². The van der Waals surface area contributed by atoms with Gasteiger partial charge >= 0.3 is 0 Å². The van der Waals surface area contributed by atoms with E-state index in [1.54, 1.807) is 0 Å². The quantitative estimate of drug-likeness (QED) is 0.642. The maximum atomic E-state index is 10.9. The summed E-state index contributed by atoms with van der Waals surface area (Å²) in [6, 6.07) is 10.8. The molecule has 0 bridgehead atoms. The molecule has 1 aliphatic rings. The molecule has 2 nitrogen and oxygen atoms in total. The van der Waals surface area contributed by atoms with Crippen molar-refractivity contribution in [3.63, 3.8) is 0 Å². The lowest BCUT2D eigenvalue weighted by molar-refractivity contribution is -0.0135. The van der Waals surface area contributed by atoms with Crippen LogP contribution in [0.5, 0.6) is 0 Å². The number of rotatable bonds is 6. The van der Waals surface area contributed by atoms with Gasteiger partial charge in [0.1, 0.15) is 0 Å². The third-order valence-corrected chi connectivity index (χ3v) is 9.71. The fourth-order valence-electron chi connectivity index (χ4n) is 3.93. The van der Waals surface area contributed by atoms with Crippen LogP contribution in [0.1, 0.15) is 19.8 Å². The Balaban J connectivity index is 2.17. The van der Waals surface area contributed by atoms with Crippen LogP contribution in [0.2, 0.25) is 18.6 Å². The van der Waals surface area contributed by atoms with Gasteiger partial charge in [-0.15, -0.1) is 6.58 Å². The number of aliphatic hydroxyl groups is 1. The van der Waals surface area contributed by atoms with Gasteiger partial charge in [0.25, 0.3) is 0 Å². The second-order valence-electron chi connectivity index (χ2n) is 7.15.